The first-order valence-corrected chi connectivity index (χ1v) is 7.59. The molecule has 3 rings (SSSR count). The minimum Gasteiger partial charge on any atom is -0.316 e. The SMILES string of the molecule is O=C1C=CCN(Cc2ccccc2)C(=O)N1Cc1ccccc1. The fourth-order valence-electron chi connectivity index (χ4n) is 2.56. The number of carbonyl (C=O) groups excluding carboxylic acids is 2. The molecule has 0 N–H and O–H groups in total. The van der Waals surface area contributed by atoms with Crippen LogP contribution >= 0.6 is 0 Å². The number of rotatable bonds is 4. The normalized spacial score (nSPS) is 15.0. The smallest absolute Gasteiger partial charge is 0.316 e. The van der Waals surface area contributed by atoms with E-state index in [-0.39, 0.29) is 18.5 Å². The van der Waals surface area contributed by atoms with Gasteiger partial charge in [-0.1, -0.05) is 66.7 Å². The highest BCUT2D eigenvalue weighted by Gasteiger charge is 2.27. The fourth-order valence-corrected chi connectivity index (χ4v) is 2.56. The van der Waals surface area contributed by atoms with Crippen LogP contribution in [0, 0.1) is 0 Å². The minimum atomic E-state index is -0.269. The molecule has 1 aliphatic heterocycles. The van der Waals surface area contributed by atoms with Gasteiger partial charge in [-0.2, -0.15) is 0 Å². The maximum atomic E-state index is 12.8. The van der Waals surface area contributed by atoms with E-state index in [0.29, 0.717) is 13.1 Å². The van der Waals surface area contributed by atoms with Gasteiger partial charge in [0.1, 0.15) is 0 Å². The summed E-state index contributed by atoms with van der Waals surface area (Å²) in [6.45, 7) is 1.21. The number of carbonyl (C=O) groups is 2. The van der Waals surface area contributed by atoms with Crippen molar-refractivity contribution in [2.24, 2.45) is 0 Å². The van der Waals surface area contributed by atoms with Crippen LogP contribution in [0.4, 0.5) is 4.79 Å². The molecule has 0 saturated heterocycles. The number of hydrogen-bond acceptors (Lipinski definition) is 2. The lowest BCUT2D eigenvalue weighted by Gasteiger charge is -2.26. The van der Waals surface area contributed by atoms with Crippen molar-refractivity contribution in [2.75, 3.05) is 6.54 Å². The Bertz CT molecular complexity index is 711. The fraction of sp³-hybridized carbons (Fsp3) is 0.158. The molecule has 0 aromatic heterocycles. The maximum Gasteiger partial charge on any atom is 0.327 e. The summed E-state index contributed by atoms with van der Waals surface area (Å²) in [7, 11) is 0. The standard InChI is InChI=1S/C19H18N2O2/c22-18-12-7-13-20(14-16-8-3-1-4-9-16)19(23)21(18)15-17-10-5-2-6-11-17/h1-12H,13-15H2. The zero-order valence-electron chi connectivity index (χ0n) is 12.8. The van der Waals surface area contributed by atoms with E-state index in [9.17, 15) is 9.59 Å². The van der Waals surface area contributed by atoms with Crippen molar-refractivity contribution in [1.29, 1.82) is 0 Å². The van der Waals surface area contributed by atoms with Crippen molar-refractivity contribution < 1.29 is 9.59 Å². The van der Waals surface area contributed by atoms with Crippen molar-refractivity contribution in [3.8, 4) is 0 Å². The van der Waals surface area contributed by atoms with Gasteiger partial charge in [0.25, 0.3) is 5.91 Å². The Labute approximate surface area is 135 Å². The molecule has 0 aliphatic carbocycles. The third-order valence-corrected chi connectivity index (χ3v) is 3.75. The van der Waals surface area contributed by atoms with Crippen LogP contribution in [0.1, 0.15) is 11.1 Å². The van der Waals surface area contributed by atoms with E-state index >= 15 is 0 Å². The second-order valence-electron chi connectivity index (χ2n) is 5.46. The Morgan fingerprint density at radius 3 is 1.96 bits per heavy atom. The lowest BCUT2D eigenvalue weighted by atomic mass is 10.2. The summed E-state index contributed by atoms with van der Waals surface area (Å²) in [6, 6.07) is 19.1. The first-order valence-electron chi connectivity index (χ1n) is 7.59. The van der Waals surface area contributed by atoms with Gasteiger partial charge in [-0.25, -0.2) is 4.79 Å². The Morgan fingerprint density at radius 1 is 0.783 bits per heavy atom. The van der Waals surface area contributed by atoms with Gasteiger partial charge in [-0.3, -0.25) is 9.69 Å². The molecule has 0 atom stereocenters. The van der Waals surface area contributed by atoms with Crippen LogP contribution in [-0.4, -0.2) is 28.3 Å². The zero-order chi connectivity index (χ0) is 16.1. The van der Waals surface area contributed by atoms with Gasteiger partial charge < -0.3 is 4.90 Å². The number of urea groups is 1. The Hall–Kier alpha value is -2.88. The predicted octanol–water partition coefficient (Wildman–Crippen LogP) is 3.21. The van der Waals surface area contributed by atoms with Gasteiger partial charge in [-0.15, -0.1) is 0 Å². The number of imide groups is 1. The monoisotopic (exact) mass is 306 g/mol. The summed E-state index contributed by atoms with van der Waals surface area (Å²) in [5, 5.41) is 0. The lowest BCUT2D eigenvalue weighted by molar-refractivity contribution is -0.124. The van der Waals surface area contributed by atoms with Crippen molar-refractivity contribution in [1.82, 2.24) is 9.80 Å². The summed E-state index contributed by atoms with van der Waals surface area (Å²) in [6.07, 6.45) is 3.22. The molecule has 0 bridgehead atoms. The van der Waals surface area contributed by atoms with Crippen LogP contribution in [0.3, 0.4) is 0 Å². The van der Waals surface area contributed by atoms with Crippen molar-refractivity contribution in [2.45, 2.75) is 13.1 Å². The number of benzene rings is 2. The molecule has 3 amide bonds. The van der Waals surface area contributed by atoms with E-state index in [4.69, 9.17) is 0 Å². The van der Waals surface area contributed by atoms with Crippen LogP contribution in [0.25, 0.3) is 0 Å². The van der Waals surface area contributed by atoms with Gasteiger partial charge in [0.15, 0.2) is 0 Å². The largest absolute Gasteiger partial charge is 0.327 e. The predicted molar refractivity (Wildman–Crippen MR) is 88.4 cm³/mol. The second kappa shape index (κ2) is 6.92. The Morgan fingerprint density at radius 2 is 1.35 bits per heavy atom. The van der Waals surface area contributed by atoms with Crippen LogP contribution in [0.15, 0.2) is 72.8 Å². The lowest BCUT2D eigenvalue weighted by Crippen LogP contribution is -2.43. The summed E-state index contributed by atoms with van der Waals surface area (Å²) in [4.78, 5) is 27.9. The number of amides is 3. The average Bonchev–Trinajstić information content (AvgIpc) is 2.71. The van der Waals surface area contributed by atoms with E-state index in [1.54, 1.807) is 11.0 Å². The molecule has 4 nitrogen and oxygen atoms in total. The Kier molecular flexibility index (Phi) is 4.52. The van der Waals surface area contributed by atoms with Gasteiger partial charge >= 0.3 is 6.03 Å². The first kappa shape index (κ1) is 15.0. The molecule has 23 heavy (non-hydrogen) atoms. The summed E-state index contributed by atoms with van der Waals surface area (Å²) < 4.78 is 0. The second-order valence-corrected chi connectivity index (χ2v) is 5.46. The quantitative estimate of drug-likeness (QED) is 0.870. The molecule has 0 radical (unpaired) electrons. The molecule has 0 fully saturated rings. The summed E-state index contributed by atoms with van der Waals surface area (Å²) in [5.41, 5.74) is 1.98. The van der Waals surface area contributed by atoms with E-state index in [2.05, 4.69) is 0 Å². The molecule has 0 unspecified atom stereocenters. The van der Waals surface area contributed by atoms with Crippen LogP contribution in [0.2, 0.25) is 0 Å². The molecule has 116 valence electrons. The van der Waals surface area contributed by atoms with Crippen molar-refractivity contribution in [3.63, 3.8) is 0 Å². The molecule has 1 heterocycles. The van der Waals surface area contributed by atoms with Crippen molar-refractivity contribution >= 4 is 11.9 Å². The maximum absolute atomic E-state index is 12.8. The molecule has 0 spiro atoms. The van der Waals surface area contributed by atoms with Crippen molar-refractivity contribution in [3.05, 3.63) is 83.9 Å². The molecule has 1 aliphatic rings. The van der Waals surface area contributed by atoms with Crippen LogP contribution < -0.4 is 0 Å². The van der Waals surface area contributed by atoms with E-state index in [1.807, 2.05) is 60.7 Å². The average molecular weight is 306 g/mol. The molecule has 0 saturated carbocycles. The molecule has 2 aromatic carbocycles. The van der Waals surface area contributed by atoms with E-state index in [1.165, 1.54) is 11.0 Å². The van der Waals surface area contributed by atoms with E-state index in [0.717, 1.165) is 11.1 Å². The molecular formula is C19H18N2O2. The van der Waals surface area contributed by atoms with Gasteiger partial charge in [0, 0.05) is 19.2 Å². The van der Waals surface area contributed by atoms with Crippen LogP contribution in [-0.2, 0) is 17.9 Å². The van der Waals surface area contributed by atoms with Crippen LogP contribution in [0.5, 0.6) is 0 Å². The number of hydrogen-bond donors (Lipinski definition) is 0. The third kappa shape index (κ3) is 3.66. The highest BCUT2D eigenvalue weighted by molar-refractivity contribution is 6.01. The Balaban J connectivity index is 1.79. The number of nitrogens with zero attached hydrogens (tertiary/aromatic N) is 2. The topological polar surface area (TPSA) is 40.6 Å². The highest BCUT2D eigenvalue weighted by Crippen LogP contribution is 2.14. The molecule has 4 heteroatoms. The van der Waals surface area contributed by atoms with Gasteiger partial charge in [0.05, 0.1) is 6.54 Å². The first-order chi connectivity index (χ1) is 11.2. The molecule has 2 aromatic rings. The zero-order valence-corrected chi connectivity index (χ0v) is 12.8. The van der Waals surface area contributed by atoms with Gasteiger partial charge in [0.2, 0.25) is 0 Å². The summed E-state index contributed by atoms with van der Waals surface area (Å²) in [5.74, 6) is -0.269. The van der Waals surface area contributed by atoms with E-state index < -0.39 is 0 Å². The molecular weight excluding hydrogens is 288 g/mol. The highest BCUT2D eigenvalue weighted by atomic mass is 16.2. The third-order valence-electron chi connectivity index (χ3n) is 3.75. The van der Waals surface area contributed by atoms with Gasteiger partial charge in [-0.05, 0) is 11.1 Å². The summed E-state index contributed by atoms with van der Waals surface area (Å²) >= 11 is 0. The minimum absolute atomic E-state index is 0.257.